The summed E-state index contributed by atoms with van der Waals surface area (Å²) < 4.78 is 5.05. The van der Waals surface area contributed by atoms with Gasteiger partial charge in [0.1, 0.15) is 0 Å². The van der Waals surface area contributed by atoms with Gasteiger partial charge in [-0.25, -0.2) is 0 Å². The highest BCUT2D eigenvalue weighted by Crippen LogP contribution is 2.24. The molecule has 0 radical (unpaired) electrons. The summed E-state index contributed by atoms with van der Waals surface area (Å²) in [5.74, 6) is 0.482. The van der Waals surface area contributed by atoms with Gasteiger partial charge in [-0.05, 0) is 32.2 Å². The van der Waals surface area contributed by atoms with Gasteiger partial charge in [0.25, 0.3) is 0 Å². The van der Waals surface area contributed by atoms with Crippen LogP contribution in [-0.2, 0) is 4.74 Å². The van der Waals surface area contributed by atoms with Gasteiger partial charge < -0.3 is 14.7 Å². The summed E-state index contributed by atoms with van der Waals surface area (Å²) in [6.07, 6.45) is 6.97. The Labute approximate surface area is 99.8 Å². The van der Waals surface area contributed by atoms with Gasteiger partial charge in [0.2, 0.25) is 0 Å². The minimum Gasteiger partial charge on any atom is -0.393 e. The van der Waals surface area contributed by atoms with Gasteiger partial charge in [0.05, 0.1) is 6.10 Å². The maximum absolute atomic E-state index is 10.0. The van der Waals surface area contributed by atoms with E-state index < -0.39 is 0 Å². The van der Waals surface area contributed by atoms with E-state index in [0.29, 0.717) is 5.92 Å². The lowest BCUT2D eigenvalue weighted by molar-refractivity contribution is 0.0770. The smallest absolute Gasteiger partial charge is 0.0580 e. The minimum absolute atomic E-state index is 0.0765. The number of rotatable bonds is 6. The van der Waals surface area contributed by atoms with Crippen molar-refractivity contribution in [2.24, 2.45) is 5.92 Å². The third kappa shape index (κ3) is 5.28. The fourth-order valence-electron chi connectivity index (χ4n) is 2.55. The summed E-state index contributed by atoms with van der Waals surface area (Å²) in [5.41, 5.74) is 0. The molecule has 0 saturated heterocycles. The fraction of sp³-hybridized carbons (Fsp3) is 1.00. The summed E-state index contributed by atoms with van der Waals surface area (Å²) in [7, 11) is 3.89. The van der Waals surface area contributed by atoms with E-state index in [1.165, 1.54) is 25.7 Å². The van der Waals surface area contributed by atoms with Crippen molar-refractivity contribution in [3.63, 3.8) is 0 Å². The third-order valence-electron chi connectivity index (χ3n) is 3.55. The average Bonchev–Trinajstić information content (AvgIpc) is 2.45. The van der Waals surface area contributed by atoms with Crippen LogP contribution in [0.4, 0.5) is 0 Å². The number of ether oxygens (including phenoxy) is 1. The van der Waals surface area contributed by atoms with E-state index in [9.17, 15) is 5.11 Å². The van der Waals surface area contributed by atoms with Gasteiger partial charge in [-0.2, -0.15) is 0 Å². The van der Waals surface area contributed by atoms with Crippen LogP contribution in [-0.4, -0.2) is 50.0 Å². The first-order chi connectivity index (χ1) is 7.74. The highest BCUT2D eigenvalue weighted by Gasteiger charge is 2.22. The quantitative estimate of drug-likeness (QED) is 0.558. The normalized spacial score (nSPS) is 27.0. The molecule has 2 unspecified atom stereocenters. The Morgan fingerprint density at radius 2 is 2.00 bits per heavy atom. The maximum atomic E-state index is 10.0. The molecule has 1 aliphatic carbocycles. The Morgan fingerprint density at radius 3 is 2.75 bits per heavy atom. The van der Waals surface area contributed by atoms with Crippen molar-refractivity contribution in [1.29, 1.82) is 0 Å². The minimum atomic E-state index is -0.0765. The molecule has 1 fully saturated rings. The number of hydrogen-bond acceptors (Lipinski definition) is 3. The molecule has 1 N–H and O–H groups in total. The molecule has 0 spiro atoms. The van der Waals surface area contributed by atoms with Crippen molar-refractivity contribution in [1.82, 2.24) is 4.90 Å². The van der Waals surface area contributed by atoms with Crippen LogP contribution in [0.25, 0.3) is 0 Å². The van der Waals surface area contributed by atoms with Crippen molar-refractivity contribution in [3.8, 4) is 0 Å². The second-order valence-electron chi connectivity index (χ2n) is 5.07. The van der Waals surface area contributed by atoms with Crippen LogP contribution in [0.2, 0.25) is 0 Å². The van der Waals surface area contributed by atoms with Gasteiger partial charge in [0.15, 0.2) is 0 Å². The summed E-state index contributed by atoms with van der Waals surface area (Å²) in [4.78, 5) is 2.33. The lowest BCUT2D eigenvalue weighted by atomic mass is 9.97. The molecule has 2 atom stereocenters. The van der Waals surface area contributed by atoms with E-state index in [1.807, 2.05) is 0 Å². The number of methoxy groups -OCH3 is 1. The molecule has 3 heteroatoms. The van der Waals surface area contributed by atoms with Gasteiger partial charge in [-0.1, -0.05) is 19.3 Å². The molecule has 0 aromatic heterocycles. The summed E-state index contributed by atoms with van der Waals surface area (Å²) in [6, 6.07) is 0. The molecule has 3 nitrogen and oxygen atoms in total. The van der Waals surface area contributed by atoms with E-state index in [-0.39, 0.29) is 6.10 Å². The zero-order chi connectivity index (χ0) is 11.8. The van der Waals surface area contributed by atoms with Gasteiger partial charge in [0, 0.05) is 26.8 Å². The van der Waals surface area contributed by atoms with Crippen LogP contribution < -0.4 is 0 Å². The predicted octanol–water partition coefficient (Wildman–Crippen LogP) is 1.90. The van der Waals surface area contributed by atoms with Crippen LogP contribution in [0.5, 0.6) is 0 Å². The standard InChI is InChI=1S/C13H27NO2/c1-14(9-6-10-16-2)11-12-7-4-3-5-8-13(12)15/h12-13,15H,3-11H2,1-2H3. The van der Waals surface area contributed by atoms with Crippen molar-refractivity contribution in [3.05, 3.63) is 0 Å². The van der Waals surface area contributed by atoms with Gasteiger partial charge in [-0.3, -0.25) is 0 Å². The molecule has 1 aliphatic rings. The van der Waals surface area contributed by atoms with E-state index in [1.54, 1.807) is 7.11 Å². The Hall–Kier alpha value is -0.120. The highest BCUT2D eigenvalue weighted by molar-refractivity contribution is 4.75. The van der Waals surface area contributed by atoms with Gasteiger partial charge >= 0.3 is 0 Å². The first-order valence-corrected chi connectivity index (χ1v) is 6.59. The number of hydrogen-bond donors (Lipinski definition) is 1. The predicted molar refractivity (Wildman–Crippen MR) is 66.6 cm³/mol. The first kappa shape index (κ1) is 13.9. The van der Waals surface area contributed by atoms with E-state index in [2.05, 4.69) is 11.9 Å². The monoisotopic (exact) mass is 229 g/mol. The van der Waals surface area contributed by atoms with Crippen LogP contribution in [0, 0.1) is 5.92 Å². The Kier molecular flexibility index (Phi) is 7.01. The zero-order valence-corrected chi connectivity index (χ0v) is 10.8. The molecule has 0 aromatic carbocycles. The van der Waals surface area contributed by atoms with Crippen LogP contribution in [0.1, 0.15) is 38.5 Å². The molecule has 1 saturated carbocycles. The molecule has 0 heterocycles. The lowest BCUT2D eigenvalue weighted by Gasteiger charge is -2.26. The van der Waals surface area contributed by atoms with Crippen molar-refractivity contribution in [2.75, 3.05) is 33.9 Å². The maximum Gasteiger partial charge on any atom is 0.0580 e. The molecule has 0 bridgehead atoms. The summed E-state index contributed by atoms with van der Waals surface area (Å²) in [5, 5.41) is 10.0. The molecule has 96 valence electrons. The number of aliphatic hydroxyl groups excluding tert-OH is 1. The third-order valence-corrected chi connectivity index (χ3v) is 3.55. The summed E-state index contributed by atoms with van der Waals surface area (Å²) >= 11 is 0. The molecule has 0 amide bonds. The highest BCUT2D eigenvalue weighted by atomic mass is 16.5. The largest absolute Gasteiger partial charge is 0.393 e. The molecule has 16 heavy (non-hydrogen) atoms. The second kappa shape index (κ2) is 8.04. The topological polar surface area (TPSA) is 32.7 Å². The first-order valence-electron chi connectivity index (χ1n) is 6.59. The molecular weight excluding hydrogens is 202 g/mol. The number of nitrogens with zero attached hydrogens (tertiary/aromatic N) is 1. The second-order valence-corrected chi connectivity index (χ2v) is 5.07. The Morgan fingerprint density at radius 1 is 1.25 bits per heavy atom. The van der Waals surface area contributed by atoms with E-state index in [4.69, 9.17) is 4.74 Å². The molecule has 1 rings (SSSR count). The lowest BCUT2D eigenvalue weighted by Crippen LogP contribution is -2.33. The van der Waals surface area contributed by atoms with Crippen molar-refractivity contribution >= 4 is 0 Å². The summed E-state index contributed by atoms with van der Waals surface area (Å²) in [6.45, 7) is 2.93. The van der Waals surface area contributed by atoms with E-state index >= 15 is 0 Å². The van der Waals surface area contributed by atoms with Crippen molar-refractivity contribution in [2.45, 2.75) is 44.6 Å². The molecule has 0 aliphatic heterocycles. The SMILES string of the molecule is COCCCN(C)CC1CCCCCC1O. The van der Waals surface area contributed by atoms with Gasteiger partial charge in [-0.15, -0.1) is 0 Å². The average molecular weight is 229 g/mol. The molecular formula is C13H27NO2. The van der Waals surface area contributed by atoms with Crippen molar-refractivity contribution < 1.29 is 9.84 Å². The van der Waals surface area contributed by atoms with Crippen LogP contribution in [0.3, 0.4) is 0 Å². The van der Waals surface area contributed by atoms with Crippen LogP contribution in [0.15, 0.2) is 0 Å². The zero-order valence-electron chi connectivity index (χ0n) is 10.8. The van der Waals surface area contributed by atoms with E-state index in [0.717, 1.165) is 32.5 Å². The molecule has 0 aromatic rings. The number of aliphatic hydroxyl groups is 1. The Bertz CT molecular complexity index is 175. The fourth-order valence-corrected chi connectivity index (χ4v) is 2.55. The Balaban J connectivity index is 2.22. The van der Waals surface area contributed by atoms with Crippen LogP contribution >= 0.6 is 0 Å².